The fourth-order valence-electron chi connectivity index (χ4n) is 7.52. The van der Waals surface area contributed by atoms with Crippen molar-refractivity contribution in [2.45, 2.75) is 75.2 Å². The lowest BCUT2D eigenvalue weighted by Gasteiger charge is -2.18. The Balaban J connectivity index is 0.000000470. The van der Waals surface area contributed by atoms with Crippen LogP contribution in [0.1, 0.15) is 73.9 Å². The van der Waals surface area contributed by atoms with Gasteiger partial charge in [-0.1, -0.05) is 50.0 Å². The molecule has 84 heavy (non-hydrogen) atoms. The molecule has 27 heteroatoms. The van der Waals surface area contributed by atoms with Crippen molar-refractivity contribution in [3.63, 3.8) is 0 Å². The number of pyridine rings is 2. The summed E-state index contributed by atoms with van der Waals surface area (Å²) < 4.78 is 142. The van der Waals surface area contributed by atoms with E-state index in [4.69, 9.17) is 15.2 Å². The summed E-state index contributed by atoms with van der Waals surface area (Å²) in [6.45, 7) is 12.0. The van der Waals surface area contributed by atoms with Crippen molar-refractivity contribution in [2.75, 3.05) is 73.3 Å². The number of thiocarbonyl (C=S) groups is 1. The highest BCUT2D eigenvalue weighted by Gasteiger charge is 2.36. The Bertz CT molecular complexity index is 3340. The number of hydrogen-bond acceptors (Lipinski definition) is 14. The van der Waals surface area contributed by atoms with E-state index in [1.165, 1.54) is 10.8 Å². The zero-order valence-electron chi connectivity index (χ0n) is 44.4. The number of halogens is 10. The highest BCUT2D eigenvalue weighted by Crippen LogP contribution is 2.37. The van der Waals surface area contributed by atoms with Gasteiger partial charge >= 0.3 is 12.4 Å². The summed E-state index contributed by atoms with van der Waals surface area (Å²) in [7, 11) is 3.40. The lowest BCUT2D eigenvalue weighted by atomic mass is 10.1. The average molecular weight is 1210 g/mol. The predicted octanol–water partition coefficient (Wildman–Crippen LogP) is 15.3. The molecule has 0 bridgehead atoms. The number of nitrogens with one attached hydrogen (secondary N) is 4. The number of alkyl halides is 6. The predicted molar refractivity (Wildman–Crippen MR) is 313 cm³/mol. The summed E-state index contributed by atoms with van der Waals surface area (Å²) >= 11 is 4.10. The maximum Gasteiger partial charge on any atom is 0.419 e. The van der Waals surface area contributed by atoms with Crippen molar-refractivity contribution < 1.29 is 63.0 Å². The Morgan fingerprint density at radius 1 is 0.655 bits per heavy atom. The molecule has 0 saturated heterocycles. The molecule has 4 aromatic carbocycles. The Hall–Kier alpha value is -8.39. The molecule has 7 rings (SSSR count). The van der Waals surface area contributed by atoms with E-state index in [0.717, 1.165) is 44.7 Å². The first-order chi connectivity index (χ1) is 38.4. The van der Waals surface area contributed by atoms with Gasteiger partial charge < -0.3 is 41.0 Å². The molecule has 3 heterocycles. The largest absolute Gasteiger partial charge is 0.457 e. The Labute approximate surface area is 486 Å². The van der Waals surface area contributed by atoms with Gasteiger partial charge in [-0.15, -0.1) is 0 Å². The summed E-state index contributed by atoms with van der Waals surface area (Å²) in [4.78, 5) is 44.4. The number of rotatable bonds is 20. The topological polar surface area (TPSA) is 189 Å². The van der Waals surface area contributed by atoms with E-state index in [1.807, 2.05) is 44.9 Å². The molecule has 0 saturated carbocycles. The number of aliphatic imine (C=N–C) groups is 1. The zero-order chi connectivity index (χ0) is 59.6. The number of amides is 2. The number of carbonyl (C=O) groups excluding carboxylic acids is 2. The molecule has 3 aromatic heterocycles. The van der Waals surface area contributed by atoms with Crippen LogP contribution < -0.4 is 36.5 Å². The number of aryl methyl sites for hydroxylation is 1. The van der Waals surface area contributed by atoms with Gasteiger partial charge in [-0.25, -0.2) is 32.5 Å². The second-order valence-corrected chi connectivity index (χ2v) is 17.5. The summed E-state index contributed by atoms with van der Waals surface area (Å²) in [5, 5.41) is 12.8. The van der Waals surface area contributed by atoms with Gasteiger partial charge in [0.15, 0.2) is 5.82 Å². The third-order valence-corrected chi connectivity index (χ3v) is 11.5. The zero-order valence-corrected chi connectivity index (χ0v) is 45.2. The average Bonchev–Trinajstić information content (AvgIpc) is 3.75. The monoisotopic (exact) mass is 1210 g/mol. The molecule has 0 fully saturated rings. The summed E-state index contributed by atoms with van der Waals surface area (Å²) in [5.74, 6) is -3.33. The van der Waals surface area contributed by atoms with E-state index >= 15 is 0 Å². The minimum atomic E-state index is -4.99. The van der Waals surface area contributed by atoms with Crippen LogP contribution in [0.2, 0.25) is 0 Å². The van der Waals surface area contributed by atoms with Gasteiger partial charge in [0.05, 0.1) is 57.5 Å². The summed E-state index contributed by atoms with van der Waals surface area (Å²) in [6.07, 6.45) is -4.86. The van der Waals surface area contributed by atoms with Crippen LogP contribution in [-0.4, -0.2) is 92.6 Å². The second-order valence-electron chi connectivity index (χ2n) is 17.4. The van der Waals surface area contributed by atoms with E-state index in [0.29, 0.717) is 64.0 Å². The van der Waals surface area contributed by atoms with Crippen LogP contribution in [0.25, 0.3) is 11.0 Å². The van der Waals surface area contributed by atoms with Crippen molar-refractivity contribution in [2.24, 2.45) is 12.0 Å². The van der Waals surface area contributed by atoms with Crippen LogP contribution in [0, 0.1) is 23.3 Å². The Kier molecular flexibility index (Phi) is 28.2. The fraction of sp³-hybridized carbons (Fsp3) is 0.333. The standard InChI is InChI=1S/C27H27F5N6O2.C19H27N5O2.C8H2F5NS.3CH4/c1-4-10-38(5-2)15-25(39)36-24-12-17(8-9-33-24)40-16-6-7-23-22(11-16)35-26(37(23)3)34-21-13-18(27(30,31)32)19(28)14-20(21)29;1-4-10-24(5-2)13-19(25)23-18-12-15(8-9-22-18)26-14-6-7-17(21-3)16(20)11-14;9-5-2-6(10)7(14-3-15)1-4(5)8(11,12)13;;;/h6-9,11-14H,4-5,10,15H2,1-3H3,(H,34,35)(H,33,36,39);6-9,11-12,21H,4-5,10,13,20H2,1-3H3,(H,22,23,25);1-2H;3*1H4. The first kappa shape index (κ1) is 71.7. The lowest BCUT2D eigenvalue weighted by molar-refractivity contribution is -0.140. The van der Waals surface area contributed by atoms with Gasteiger partial charge in [0.25, 0.3) is 0 Å². The van der Waals surface area contributed by atoms with E-state index in [1.54, 1.807) is 66.9 Å². The molecule has 0 atom stereocenters. The number of aromatic nitrogens is 4. The number of nitrogens with two attached hydrogens (primary N) is 1. The van der Waals surface area contributed by atoms with Crippen molar-refractivity contribution in [3.8, 4) is 23.0 Å². The number of nitrogens with zero attached hydrogens (tertiary/aromatic N) is 7. The highest BCUT2D eigenvalue weighted by molar-refractivity contribution is 7.78. The number of hydrogen-bond donors (Lipinski definition) is 5. The van der Waals surface area contributed by atoms with Crippen LogP contribution in [-0.2, 0) is 29.0 Å². The van der Waals surface area contributed by atoms with Gasteiger partial charge in [-0.2, -0.15) is 31.3 Å². The molecule has 0 spiro atoms. The second kappa shape index (κ2) is 33.0. The number of isothiocyanates is 1. The number of benzene rings is 4. The molecule has 16 nitrogen and oxygen atoms in total. The van der Waals surface area contributed by atoms with Crippen LogP contribution in [0.4, 0.5) is 84.2 Å². The van der Waals surface area contributed by atoms with Crippen LogP contribution in [0.5, 0.6) is 23.0 Å². The highest BCUT2D eigenvalue weighted by atomic mass is 32.1. The molecule has 2 amide bonds. The van der Waals surface area contributed by atoms with Gasteiger partial charge in [0, 0.05) is 62.9 Å². The molecule has 7 aromatic rings. The van der Waals surface area contributed by atoms with Gasteiger partial charge in [0.2, 0.25) is 17.8 Å². The van der Waals surface area contributed by atoms with E-state index < -0.39 is 58.1 Å². The molecule has 0 aliphatic rings. The molecular formula is C57H68F10N12O4S. The first-order valence-electron chi connectivity index (χ1n) is 24.7. The van der Waals surface area contributed by atoms with Gasteiger partial charge in [-0.05, 0) is 99.8 Å². The maximum absolute atomic E-state index is 14.3. The van der Waals surface area contributed by atoms with Crippen LogP contribution >= 0.6 is 12.2 Å². The number of carbonyl (C=O) groups is 2. The number of nitrogen functional groups attached to an aromatic ring is 1. The van der Waals surface area contributed by atoms with Crippen molar-refractivity contribution in [1.82, 2.24) is 29.3 Å². The summed E-state index contributed by atoms with van der Waals surface area (Å²) in [6, 6.07) is 17.8. The quantitative estimate of drug-likeness (QED) is 0.0210. The van der Waals surface area contributed by atoms with Gasteiger partial charge in [0.1, 0.15) is 57.8 Å². The normalized spacial score (nSPS) is 10.8. The third kappa shape index (κ3) is 20.8. The smallest absolute Gasteiger partial charge is 0.419 e. The van der Waals surface area contributed by atoms with Crippen molar-refractivity contribution >= 4 is 80.6 Å². The molecule has 0 aliphatic carbocycles. The van der Waals surface area contributed by atoms with E-state index in [2.05, 4.69) is 65.3 Å². The molecule has 6 N–H and O–H groups in total. The van der Waals surface area contributed by atoms with Crippen molar-refractivity contribution in [1.29, 1.82) is 0 Å². The molecule has 456 valence electrons. The number of likely N-dealkylation sites (N-methyl/N-ethyl adjacent to an activating group) is 2. The summed E-state index contributed by atoms with van der Waals surface area (Å²) in [5.41, 5.74) is 3.91. The van der Waals surface area contributed by atoms with E-state index in [-0.39, 0.29) is 64.8 Å². The lowest BCUT2D eigenvalue weighted by Crippen LogP contribution is -2.33. The van der Waals surface area contributed by atoms with E-state index in [9.17, 15) is 53.5 Å². The maximum atomic E-state index is 14.3. The Morgan fingerprint density at radius 3 is 1.60 bits per heavy atom. The number of anilines is 6. The fourth-order valence-corrected chi connectivity index (χ4v) is 7.62. The molecule has 0 radical (unpaired) electrons. The Morgan fingerprint density at radius 2 is 1.13 bits per heavy atom. The first-order valence-corrected chi connectivity index (χ1v) is 25.1. The van der Waals surface area contributed by atoms with Crippen LogP contribution in [0.3, 0.4) is 0 Å². The number of ether oxygens (including phenoxy) is 2. The number of fused-ring (bicyclic) bond motifs is 1. The third-order valence-electron chi connectivity index (χ3n) is 11.4. The molecule has 0 unspecified atom stereocenters. The minimum Gasteiger partial charge on any atom is -0.457 e. The molecular weight excluding hydrogens is 1140 g/mol. The SMILES string of the molecule is C.C.C.CCCN(CC)CC(=O)Nc1cc(Oc2ccc(NC)c(N)c2)ccn1.CCCN(CC)CC(=O)Nc1cc(Oc2ccc3c(c2)nc(Nc2cc(C(F)(F)F)c(F)cc2F)n3C)ccn1.Fc1cc(F)c(C(F)(F)F)cc1N=C=S. The molecule has 0 aliphatic heterocycles. The van der Waals surface area contributed by atoms with Gasteiger partial charge in [-0.3, -0.25) is 19.4 Å². The minimum absolute atomic E-state index is 0. The van der Waals surface area contributed by atoms with Crippen LogP contribution in [0.15, 0.2) is 102 Å². The number of imidazole rings is 1. The van der Waals surface area contributed by atoms with Crippen molar-refractivity contribution in [3.05, 3.63) is 132 Å².